The lowest BCUT2D eigenvalue weighted by Gasteiger charge is -2.06. The molecule has 0 unspecified atom stereocenters. The normalized spacial score (nSPS) is 10.5. The van der Waals surface area contributed by atoms with Gasteiger partial charge in [-0.05, 0) is 43.2 Å². The van der Waals surface area contributed by atoms with Gasteiger partial charge in [-0.25, -0.2) is 9.18 Å². The predicted octanol–water partition coefficient (Wildman–Crippen LogP) is 3.44. The smallest absolute Gasteiger partial charge is 0.348 e. The molecular weight excluding hydrogens is 265 g/mol. The molecule has 100 valence electrons. The Balaban J connectivity index is 2.04. The highest BCUT2D eigenvalue weighted by Gasteiger charge is 2.13. The van der Waals surface area contributed by atoms with Crippen LogP contribution in [0, 0.1) is 19.7 Å². The predicted molar refractivity (Wildman–Crippen MR) is 73.7 cm³/mol. The highest BCUT2D eigenvalue weighted by atomic mass is 32.1. The summed E-state index contributed by atoms with van der Waals surface area (Å²) in [6, 6.07) is 5.99. The van der Waals surface area contributed by atoms with Crippen LogP contribution in [0.5, 0.6) is 0 Å². The van der Waals surface area contributed by atoms with Crippen molar-refractivity contribution in [3.05, 3.63) is 51.0 Å². The maximum Gasteiger partial charge on any atom is 0.348 e. The van der Waals surface area contributed by atoms with Gasteiger partial charge in [-0.15, -0.1) is 11.3 Å². The molecule has 1 aromatic heterocycles. The number of thiophene rings is 1. The molecule has 0 saturated carbocycles. The fourth-order valence-electron chi connectivity index (χ4n) is 1.63. The van der Waals surface area contributed by atoms with Crippen LogP contribution in [0.25, 0.3) is 0 Å². The highest BCUT2D eigenvalue weighted by Crippen LogP contribution is 2.24. The Morgan fingerprint density at radius 1 is 1.37 bits per heavy atom. The average molecular weight is 279 g/mol. The molecule has 1 heterocycles. The number of nitrogen functional groups attached to an aromatic ring is 1. The lowest BCUT2D eigenvalue weighted by Crippen LogP contribution is -2.04. The summed E-state index contributed by atoms with van der Waals surface area (Å²) in [5, 5.41) is 0. The molecule has 0 atom stereocenters. The Hall–Kier alpha value is -1.88. The molecule has 0 saturated heterocycles. The molecule has 3 nitrogen and oxygen atoms in total. The van der Waals surface area contributed by atoms with Gasteiger partial charge in [0.1, 0.15) is 17.3 Å². The number of ether oxygens (including phenoxy) is 1. The highest BCUT2D eigenvalue weighted by molar-refractivity contribution is 7.14. The second-order valence-electron chi connectivity index (χ2n) is 4.27. The molecule has 1 aromatic carbocycles. The molecule has 2 N–H and O–H groups in total. The fourth-order valence-corrected chi connectivity index (χ4v) is 2.47. The van der Waals surface area contributed by atoms with Crippen LogP contribution in [-0.4, -0.2) is 5.97 Å². The second-order valence-corrected chi connectivity index (χ2v) is 5.53. The van der Waals surface area contributed by atoms with Crippen molar-refractivity contribution >= 4 is 23.0 Å². The molecule has 0 bridgehead atoms. The van der Waals surface area contributed by atoms with Crippen LogP contribution in [0.3, 0.4) is 0 Å². The zero-order chi connectivity index (χ0) is 14.0. The number of hydrogen-bond acceptors (Lipinski definition) is 4. The first-order chi connectivity index (χ1) is 8.97. The number of carbonyl (C=O) groups excluding carboxylic acids is 1. The molecule has 0 aliphatic heterocycles. The van der Waals surface area contributed by atoms with Gasteiger partial charge in [0.05, 0.1) is 0 Å². The van der Waals surface area contributed by atoms with E-state index in [1.165, 1.54) is 23.5 Å². The maximum absolute atomic E-state index is 12.9. The van der Waals surface area contributed by atoms with Crippen LogP contribution in [-0.2, 0) is 11.3 Å². The Bertz CT molecular complexity index is 602. The van der Waals surface area contributed by atoms with Crippen LogP contribution in [0.1, 0.15) is 25.7 Å². The molecule has 0 spiro atoms. The summed E-state index contributed by atoms with van der Waals surface area (Å²) in [7, 11) is 0. The minimum Gasteiger partial charge on any atom is -0.457 e. The number of rotatable bonds is 3. The first-order valence-corrected chi connectivity index (χ1v) is 6.57. The zero-order valence-electron chi connectivity index (χ0n) is 10.7. The van der Waals surface area contributed by atoms with Crippen molar-refractivity contribution in [2.75, 3.05) is 5.73 Å². The van der Waals surface area contributed by atoms with Gasteiger partial charge in [0.25, 0.3) is 0 Å². The first kappa shape index (κ1) is 13.5. The standard InChI is InChI=1S/C14H14FNO2S/c1-8-5-11(15)4-3-10(8)7-18-14(17)13-6-12(16)9(2)19-13/h3-6H,7,16H2,1-2H3. The Morgan fingerprint density at radius 2 is 2.11 bits per heavy atom. The van der Waals surface area contributed by atoms with Crippen molar-refractivity contribution in [3.63, 3.8) is 0 Å². The van der Waals surface area contributed by atoms with Gasteiger partial charge in [-0.2, -0.15) is 0 Å². The average Bonchev–Trinajstić information content (AvgIpc) is 2.68. The quantitative estimate of drug-likeness (QED) is 0.876. The number of anilines is 1. The number of carbonyl (C=O) groups is 1. The third kappa shape index (κ3) is 3.12. The minimum atomic E-state index is -0.409. The topological polar surface area (TPSA) is 52.3 Å². The van der Waals surface area contributed by atoms with Gasteiger partial charge >= 0.3 is 5.97 Å². The van der Waals surface area contributed by atoms with Gasteiger partial charge in [-0.1, -0.05) is 6.07 Å². The molecule has 0 aliphatic carbocycles. The molecule has 0 amide bonds. The maximum atomic E-state index is 12.9. The summed E-state index contributed by atoms with van der Waals surface area (Å²) in [6.45, 7) is 3.75. The van der Waals surface area contributed by atoms with E-state index in [1.807, 2.05) is 6.92 Å². The fraction of sp³-hybridized carbons (Fsp3) is 0.214. The monoisotopic (exact) mass is 279 g/mol. The summed E-state index contributed by atoms with van der Waals surface area (Å²) in [5.74, 6) is -0.706. The third-order valence-electron chi connectivity index (χ3n) is 2.82. The van der Waals surface area contributed by atoms with E-state index < -0.39 is 5.97 Å². The van der Waals surface area contributed by atoms with Gasteiger partial charge in [0, 0.05) is 10.6 Å². The number of esters is 1. The van der Waals surface area contributed by atoms with Crippen molar-refractivity contribution < 1.29 is 13.9 Å². The van der Waals surface area contributed by atoms with E-state index in [9.17, 15) is 9.18 Å². The summed E-state index contributed by atoms with van der Waals surface area (Å²) in [5.41, 5.74) is 7.83. The van der Waals surface area contributed by atoms with Crippen LogP contribution >= 0.6 is 11.3 Å². The molecule has 5 heteroatoms. The van der Waals surface area contributed by atoms with Crippen LogP contribution in [0.15, 0.2) is 24.3 Å². The Kier molecular flexibility index (Phi) is 3.85. The van der Waals surface area contributed by atoms with Crippen LogP contribution < -0.4 is 5.73 Å². The van der Waals surface area contributed by atoms with Crippen molar-refractivity contribution in [3.8, 4) is 0 Å². The summed E-state index contributed by atoms with van der Waals surface area (Å²) in [4.78, 5) is 13.2. The second kappa shape index (κ2) is 5.40. The number of halogens is 1. The number of benzene rings is 1. The molecule has 0 radical (unpaired) electrons. The van der Waals surface area contributed by atoms with E-state index in [1.54, 1.807) is 19.1 Å². The van der Waals surface area contributed by atoms with E-state index >= 15 is 0 Å². The van der Waals surface area contributed by atoms with E-state index in [4.69, 9.17) is 10.5 Å². The van der Waals surface area contributed by atoms with E-state index in [2.05, 4.69) is 0 Å². The summed E-state index contributed by atoms with van der Waals surface area (Å²) in [6.07, 6.45) is 0. The van der Waals surface area contributed by atoms with Crippen LogP contribution in [0.2, 0.25) is 0 Å². The summed E-state index contributed by atoms with van der Waals surface area (Å²) >= 11 is 1.30. The van der Waals surface area contributed by atoms with E-state index in [0.717, 1.165) is 16.0 Å². The lowest BCUT2D eigenvalue weighted by atomic mass is 10.1. The first-order valence-electron chi connectivity index (χ1n) is 5.75. The molecule has 2 rings (SSSR count). The third-order valence-corrected chi connectivity index (χ3v) is 3.87. The number of nitrogens with two attached hydrogens (primary N) is 1. The minimum absolute atomic E-state index is 0.127. The van der Waals surface area contributed by atoms with Crippen molar-refractivity contribution in [1.82, 2.24) is 0 Å². The van der Waals surface area contributed by atoms with E-state index in [0.29, 0.717) is 10.6 Å². The largest absolute Gasteiger partial charge is 0.457 e. The van der Waals surface area contributed by atoms with Gasteiger partial charge in [0.15, 0.2) is 0 Å². The van der Waals surface area contributed by atoms with Crippen LogP contribution in [0.4, 0.5) is 10.1 Å². The molecule has 19 heavy (non-hydrogen) atoms. The molecular formula is C14H14FNO2S. The zero-order valence-corrected chi connectivity index (χ0v) is 11.5. The Morgan fingerprint density at radius 3 is 2.68 bits per heavy atom. The van der Waals surface area contributed by atoms with Gasteiger partial charge < -0.3 is 10.5 Å². The van der Waals surface area contributed by atoms with Crippen molar-refractivity contribution in [1.29, 1.82) is 0 Å². The summed E-state index contributed by atoms with van der Waals surface area (Å²) < 4.78 is 18.1. The number of hydrogen-bond donors (Lipinski definition) is 1. The SMILES string of the molecule is Cc1cc(F)ccc1COC(=O)c1cc(N)c(C)s1. The molecule has 0 aliphatic rings. The van der Waals surface area contributed by atoms with Crippen molar-refractivity contribution in [2.24, 2.45) is 0 Å². The van der Waals surface area contributed by atoms with Gasteiger partial charge in [0.2, 0.25) is 0 Å². The van der Waals surface area contributed by atoms with Crippen molar-refractivity contribution in [2.45, 2.75) is 20.5 Å². The van der Waals surface area contributed by atoms with Gasteiger partial charge in [-0.3, -0.25) is 0 Å². The molecule has 2 aromatic rings. The van der Waals surface area contributed by atoms with E-state index in [-0.39, 0.29) is 12.4 Å². The lowest BCUT2D eigenvalue weighted by molar-refractivity contribution is 0.0478. The number of aryl methyl sites for hydroxylation is 2. The Labute approximate surface area is 114 Å². The molecule has 0 fully saturated rings.